The zero-order chi connectivity index (χ0) is 16.3. The van der Waals surface area contributed by atoms with Crippen LogP contribution in [0.1, 0.15) is 12.0 Å². The number of amides is 1. The Kier molecular flexibility index (Phi) is 4.39. The highest BCUT2D eigenvalue weighted by Gasteiger charge is 2.42. The molecule has 2 N–H and O–H groups in total. The molecule has 1 fully saturated rings. The summed E-state index contributed by atoms with van der Waals surface area (Å²) in [6, 6.07) is 17.0. The van der Waals surface area contributed by atoms with Crippen LogP contribution in [-0.2, 0) is 11.3 Å². The standard InChI is InChI=1S/C18H18F2N2O/c19-18(20)10-16(22-12-18)17(23)21-11-13-6-8-15(9-7-13)14-4-2-1-3-5-14/h1-9,16,22H,10-12H2,(H,21,23). The van der Waals surface area contributed by atoms with E-state index in [4.69, 9.17) is 0 Å². The van der Waals surface area contributed by atoms with Gasteiger partial charge in [0.25, 0.3) is 5.92 Å². The van der Waals surface area contributed by atoms with E-state index >= 15 is 0 Å². The second-order valence-corrected chi connectivity index (χ2v) is 5.77. The van der Waals surface area contributed by atoms with Crippen LogP contribution in [0.25, 0.3) is 11.1 Å². The molecule has 23 heavy (non-hydrogen) atoms. The Morgan fingerprint density at radius 1 is 1.09 bits per heavy atom. The van der Waals surface area contributed by atoms with Gasteiger partial charge in [-0.15, -0.1) is 0 Å². The van der Waals surface area contributed by atoms with Gasteiger partial charge >= 0.3 is 0 Å². The molecule has 0 bridgehead atoms. The number of carbonyl (C=O) groups excluding carboxylic acids is 1. The van der Waals surface area contributed by atoms with Crippen LogP contribution in [0.3, 0.4) is 0 Å². The minimum absolute atomic E-state index is 0.331. The largest absolute Gasteiger partial charge is 0.351 e. The van der Waals surface area contributed by atoms with Crippen molar-refractivity contribution in [3.63, 3.8) is 0 Å². The van der Waals surface area contributed by atoms with Crippen molar-refractivity contribution in [2.24, 2.45) is 0 Å². The molecule has 120 valence electrons. The first-order chi connectivity index (χ1) is 11.0. The Labute approximate surface area is 133 Å². The smallest absolute Gasteiger partial charge is 0.262 e. The lowest BCUT2D eigenvalue weighted by atomic mass is 10.0. The molecule has 3 rings (SSSR count). The monoisotopic (exact) mass is 316 g/mol. The second-order valence-electron chi connectivity index (χ2n) is 5.77. The molecular weight excluding hydrogens is 298 g/mol. The van der Waals surface area contributed by atoms with Crippen LogP contribution in [0.2, 0.25) is 0 Å². The minimum Gasteiger partial charge on any atom is -0.351 e. The lowest BCUT2D eigenvalue weighted by Crippen LogP contribution is -2.40. The molecule has 0 saturated carbocycles. The van der Waals surface area contributed by atoms with E-state index in [0.717, 1.165) is 16.7 Å². The molecule has 0 spiro atoms. The van der Waals surface area contributed by atoms with Crippen LogP contribution < -0.4 is 10.6 Å². The van der Waals surface area contributed by atoms with Crippen LogP contribution in [0.5, 0.6) is 0 Å². The average Bonchev–Trinajstić information content (AvgIpc) is 2.94. The van der Waals surface area contributed by atoms with Crippen LogP contribution in [0, 0.1) is 0 Å². The van der Waals surface area contributed by atoms with Gasteiger partial charge in [-0.3, -0.25) is 10.1 Å². The van der Waals surface area contributed by atoms with E-state index in [1.54, 1.807) is 0 Å². The molecule has 1 atom stereocenters. The quantitative estimate of drug-likeness (QED) is 0.910. The summed E-state index contributed by atoms with van der Waals surface area (Å²) in [6.45, 7) is -0.103. The maximum absolute atomic E-state index is 13.1. The third-order valence-corrected chi connectivity index (χ3v) is 3.95. The number of hydrogen-bond acceptors (Lipinski definition) is 2. The number of benzene rings is 2. The molecule has 1 heterocycles. The highest BCUT2D eigenvalue weighted by atomic mass is 19.3. The normalized spacial score (nSPS) is 19.5. The lowest BCUT2D eigenvalue weighted by molar-refractivity contribution is -0.123. The molecular formula is C18H18F2N2O. The Morgan fingerprint density at radius 3 is 2.35 bits per heavy atom. The molecule has 1 saturated heterocycles. The fraction of sp³-hybridized carbons (Fsp3) is 0.278. The highest BCUT2D eigenvalue weighted by Crippen LogP contribution is 2.25. The van der Waals surface area contributed by atoms with E-state index in [9.17, 15) is 13.6 Å². The number of rotatable bonds is 4. The van der Waals surface area contributed by atoms with E-state index in [0.29, 0.717) is 6.54 Å². The van der Waals surface area contributed by atoms with Crippen molar-refractivity contribution < 1.29 is 13.6 Å². The summed E-state index contributed by atoms with van der Waals surface area (Å²) in [7, 11) is 0. The van der Waals surface area contributed by atoms with Crippen LogP contribution in [0.4, 0.5) is 8.78 Å². The Bertz CT molecular complexity index is 671. The van der Waals surface area contributed by atoms with Crippen LogP contribution in [0.15, 0.2) is 54.6 Å². The maximum atomic E-state index is 13.1. The fourth-order valence-electron chi connectivity index (χ4n) is 2.66. The van der Waals surface area contributed by atoms with Gasteiger partial charge in [0.05, 0.1) is 12.6 Å². The Hall–Kier alpha value is -2.27. The summed E-state index contributed by atoms with van der Waals surface area (Å²) in [4.78, 5) is 11.9. The van der Waals surface area contributed by atoms with Crippen molar-refractivity contribution in [3.05, 3.63) is 60.2 Å². The number of nitrogens with one attached hydrogen (secondary N) is 2. The molecule has 0 aromatic heterocycles. The van der Waals surface area contributed by atoms with Gasteiger partial charge in [-0.2, -0.15) is 0 Å². The van der Waals surface area contributed by atoms with E-state index in [1.807, 2.05) is 54.6 Å². The minimum atomic E-state index is -2.79. The van der Waals surface area contributed by atoms with Crippen molar-refractivity contribution in [3.8, 4) is 11.1 Å². The van der Waals surface area contributed by atoms with Crippen molar-refractivity contribution >= 4 is 5.91 Å². The van der Waals surface area contributed by atoms with Crippen LogP contribution in [-0.4, -0.2) is 24.4 Å². The van der Waals surface area contributed by atoms with Crippen molar-refractivity contribution in [1.82, 2.24) is 10.6 Å². The summed E-state index contributed by atoms with van der Waals surface area (Å²) < 4.78 is 26.2. The predicted octanol–water partition coefficient (Wildman–Crippen LogP) is 2.97. The molecule has 0 radical (unpaired) electrons. The Morgan fingerprint density at radius 2 is 1.74 bits per heavy atom. The third-order valence-electron chi connectivity index (χ3n) is 3.95. The number of hydrogen-bond donors (Lipinski definition) is 2. The summed E-state index contributed by atoms with van der Waals surface area (Å²) in [6.07, 6.45) is -0.439. The zero-order valence-corrected chi connectivity index (χ0v) is 12.6. The van der Waals surface area contributed by atoms with Gasteiger partial charge in [0, 0.05) is 13.0 Å². The van der Waals surface area contributed by atoms with Gasteiger partial charge in [0.2, 0.25) is 5.91 Å². The van der Waals surface area contributed by atoms with Crippen molar-refractivity contribution in [1.29, 1.82) is 0 Å². The molecule has 1 unspecified atom stereocenters. The summed E-state index contributed by atoms with van der Waals surface area (Å²) >= 11 is 0. The first-order valence-corrected chi connectivity index (χ1v) is 7.57. The van der Waals surface area contributed by atoms with Crippen molar-refractivity contribution in [2.75, 3.05) is 6.54 Å². The first kappa shape index (κ1) is 15.6. The van der Waals surface area contributed by atoms with Crippen LogP contribution >= 0.6 is 0 Å². The SMILES string of the molecule is O=C(NCc1ccc(-c2ccccc2)cc1)C1CC(F)(F)CN1. The first-order valence-electron chi connectivity index (χ1n) is 7.57. The summed E-state index contributed by atoms with van der Waals surface area (Å²) in [5, 5.41) is 5.25. The van der Waals surface area contributed by atoms with Gasteiger partial charge < -0.3 is 5.32 Å². The van der Waals surface area contributed by atoms with Gasteiger partial charge in [0.1, 0.15) is 0 Å². The molecule has 1 amide bonds. The topological polar surface area (TPSA) is 41.1 Å². The van der Waals surface area contributed by atoms with Crippen molar-refractivity contribution in [2.45, 2.75) is 24.9 Å². The van der Waals surface area contributed by atoms with Gasteiger partial charge in [-0.05, 0) is 16.7 Å². The summed E-state index contributed by atoms with van der Waals surface area (Å²) in [5.74, 6) is -3.17. The molecule has 2 aromatic rings. The molecule has 0 aliphatic carbocycles. The number of carbonyl (C=O) groups is 1. The highest BCUT2D eigenvalue weighted by molar-refractivity contribution is 5.82. The Balaban J connectivity index is 1.56. The molecule has 1 aliphatic heterocycles. The van der Waals surface area contributed by atoms with Gasteiger partial charge in [-0.1, -0.05) is 54.6 Å². The predicted molar refractivity (Wildman–Crippen MR) is 85.1 cm³/mol. The fourth-order valence-corrected chi connectivity index (χ4v) is 2.66. The van der Waals surface area contributed by atoms with E-state index in [1.165, 1.54) is 0 Å². The van der Waals surface area contributed by atoms with E-state index in [-0.39, 0.29) is 5.91 Å². The summed E-state index contributed by atoms with van der Waals surface area (Å²) in [5.41, 5.74) is 3.15. The van der Waals surface area contributed by atoms with Gasteiger partial charge in [0.15, 0.2) is 0 Å². The number of halogens is 2. The number of alkyl halides is 2. The zero-order valence-electron chi connectivity index (χ0n) is 12.6. The second kappa shape index (κ2) is 6.46. The van der Waals surface area contributed by atoms with E-state index in [2.05, 4.69) is 10.6 Å². The average molecular weight is 316 g/mol. The molecule has 5 heteroatoms. The molecule has 1 aliphatic rings. The molecule has 2 aromatic carbocycles. The molecule has 3 nitrogen and oxygen atoms in total. The lowest BCUT2D eigenvalue weighted by Gasteiger charge is -2.11. The van der Waals surface area contributed by atoms with Gasteiger partial charge in [-0.25, -0.2) is 8.78 Å². The maximum Gasteiger partial charge on any atom is 0.262 e. The third kappa shape index (κ3) is 3.93. The van der Waals surface area contributed by atoms with E-state index < -0.39 is 24.9 Å².